The second kappa shape index (κ2) is 9.35. The lowest BCUT2D eigenvalue weighted by Crippen LogP contribution is -2.45. The number of amides is 1. The van der Waals surface area contributed by atoms with Crippen LogP contribution in [0.25, 0.3) is 0 Å². The number of rotatable bonds is 7. The highest BCUT2D eigenvalue weighted by Crippen LogP contribution is 2.16. The minimum atomic E-state index is -0.0266. The number of anilines is 1. The third-order valence-electron chi connectivity index (χ3n) is 5.06. The van der Waals surface area contributed by atoms with Crippen molar-refractivity contribution in [2.45, 2.75) is 26.4 Å². The first-order chi connectivity index (χ1) is 14.1. The van der Waals surface area contributed by atoms with E-state index in [-0.39, 0.29) is 5.91 Å². The maximum absolute atomic E-state index is 12.3. The van der Waals surface area contributed by atoms with Crippen LogP contribution >= 0.6 is 11.3 Å². The Hall–Kier alpha value is -2.48. The summed E-state index contributed by atoms with van der Waals surface area (Å²) in [6.07, 6.45) is 2.04. The van der Waals surface area contributed by atoms with Crippen LogP contribution in [0.15, 0.2) is 52.5 Å². The highest BCUT2D eigenvalue weighted by molar-refractivity contribution is 7.09. The maximum atomic E-state index is 12.3. The van der Waals surface area contributed by atoms with Crippen molar-refractivity contribution in [1.82, 2.24) is 14.8 Å². The van der Waals surface area contributed by atoms with Gasteiger partial charge in [0.25, 0.3) is 0 Å². The van der Waals surface area contributed by atoms with Gasteiger partial charge in [0.15, 0.2) is 0 Å². The van der Waals surface area contributed by atoms with Crippen LogP contribution in [0, 0.1) is 6.92 Å². The molecule has 0 spiro atoms. The quantitative estimate of drug-likeness (QED) is 0.646. The van der Waals surface area contributed by atoms with Gasteiger partial charge in [-0.15, -0.1) is 11.3 Å². The van der Waals surface area contributed by atoms with E-state index in [2.05, 4.69) is 25.5 Å². The summed E-state index contributed by atoms with van der Waals surface area (Å²) in [5, 5.41) is 5.87. The third kappa shape index (κ3) is 5.76. The van der Waals surface area contributed by atoms with Crippen LogP contribution in [-0.2, 0) is 24.3 Å². The van der Waals surface area contributed by atoms with E-state index in [4.69, 9.17) is 4.42 Å². The van der Waals surface area contributed by atoms with Crippen molar-refractivity contribution in [2.75, 3.05) is 31.5 Å². The molecule has 1 aromatic carbocycles. The zero-order valence-corrected chi connectivity index (χ0v) is 17.5. The summed E-state index contributed by atoms with van der Waals surface area (Å²) in [5.41, 5.74) is 3.05. The molecule has 3 aromatic rings. The summed E-state index contributed by atoms with van der Waals surface area (Å²) >= 11 is 1.56. The minimum absolute atomic E-state index is 0.0266. The van der Waals surface area contributed by atoms with Gasteiger partial charge in [-0.1, -0.05) is 17.7 Å². The second-order valence-electron chi connectivity index (χ2n) is 7.46. The topological polar surface area (TPSA) is 61.6 Å². The monoisotopic (exact) mass is 410 g/mol. The smallest absolute Gasteiger partial charge is 0.231 e. The molecule has 7 heteroatoms. The average molecular weight is 411 g/mol. The van der Waals surface area contributed by atoms with Crippen LogP contribution in [-0.4, -0.2) is 46.9 Å². The van der Waals surface area contributed by atoms with Crippen LogP contribution in [0.2, 0.25) is 0 Å². The number of hydrogen-bond acceptors (Lipinski definition) is 6. The predicted octanol–water partition coefficient (Wildman–Crippen LogP) is 3.54. The van der Waals surface area contributed by atoms with Crippen molar-refractivity contribution in [3.05, 3.63) is 70.1 Å². The average Bonchev–Trinajstić information content (AvgIpc) is 3.37. The molecule has 1 amide bonds. The van der Waals surface area contributed by atoms with Gasteiger partial charge in [0.2, 0.25) is 5.91 Å². The number of carbonyl (C=O) groups excluding carboxylic acids is 1. The van der Waals surface area contributed by atoms with Crippen LogP contribution in [0.3, 0.4) is 0 Å². The van der Waals surface area contributed by atoms with Crippen molar-refractivity contribution in [3.8, 4) is 0 Å². The Morgan fingerprint density at radius 1 is 1.10 bits per heavy atom. The second-order valence-corrected chi connectivity index (χ2v) is 8.40. The SMILES string of the molecule is Cc1ccc(NC(=O)Cc2nc(CN3CCN(Cc4ccco4)CC3)cs2)cc1. The zero-order valence-electron chi connectivity index (χ0n) is 16.6. The number of furan rings is 1. The van der Waals surface area contributed by atoms with Gasteiger partial charge in [-0.25, -0.2) is 4.98 Å². The molecule has 1 aliphatic heterocycles. The molecular formula is C22H26N4O2S. The molecular weight excluding hydrogens is 384 g/mol. The van der Waals surface area contributed by atoms with Gasteiger partial charge in [-0.3, -0.25) is 14.6 Å². The molecule has 6 nitrogen and oxygen atoms in total. The van der Waals surface area contributed by atoms with Gasteiger partial charge in [0, 0.05) is 43.8 Å². The number of benzene rings is 1. The van der Waals surface area contributed by atoms with Gasteiger partial charge >= 0.3 is 0 Å². The van der Waals surface area contributed by atoms with Crippen molar-refractivity contribution < 1.29 is 9.21 Å². The van der Waals surface area contributed by atoms with Crippen LogP contribution in [0.1, 0.15) is 22.0 Å². The number of carbonyl (C=O) groups is 1. The third-order valence-corrected chi connectivity index (χ3v) is 5.95. The predicted molar refractivity (Wildman–Crippen MR) is 115 cm³/mol. The summed E-state index contributed by atoms with van der Waals surface area (Å²) < 4.78 is 5.44. The van der Waals surface area contributed by atoms with Crippen molar-refractivity contribution in [2.24, 2.45) is 0 Å². The Morgan fingerprint density at radius 2 is 1.83 bits per heavy atom. The van der Waals surface area contributed by atoms with E-state index in [1.807, 2.05) is 43.3 Å². The van der Waals surface area contributed by atoms with Crippen LogP contribution in [0.4, 0.5) is 5.69 Å². The first-order valence-electron chi connectivity index (χ1n) is 9.91. The Kier molecular flexibility index (Phi) is 6.39. The van der Waals surface area contributed by atoms with Gasteiger partial charge in [-0.05, 0) is 31.2 Å². The van der Waals surface area contributed by atoms with E-state index in [1.54, 1.807) is 17.6 Å². The lowest BCUT2D eigenvalue weighted by molar-refractivity contribution is -0.115. The van der Waals surface area contributed by atoms with Crippen molar-refractivity contribution in [1.29, 1.82) is 0 Å². The highest BCUT2D eigenvalue weighted by atomic mass is 32.1. The van der Waals surface area contributed by atoms with Crippen molar-refractivity contribution in [3.63, 3.8) is 0 Å². The fourth-order valence-corrected chi connectivity index (χ4v) is 4.22. The summed E-state index contributed by atoms with van der Waals surface area (Å²) in [6, 6.07) is 11.8. The van der Waals surface area contributed by atoms with Gasteiger partial charge in [-0.2, -0.15) is 0 Å². The van der Waals surface area contributed by atoms with Crippen molar-refractivity contribution >= 4 is 22.9 Å². The number of aryl methyl sites for hydroxylation is 1. The molecule has 3 heterocycles. The summed E-state index contributed by atoms with van der Waals surface area (Å²) in [5.74, 6) is 0.993. The molecule has 1 fully saturated rings. The minimum Gasteiger partial charge on any atom is -0.468 e. The molecule has 29 heavy (non-hydrogen) atoms. The van der Waals surface area contributed by atoms with E-state index in [0.29, 0.717) is 6.42 Å². The Bertz CT molecular complexity index is 913. The first-order valence-corrected chi connectivity index (χ1v) is 10.8. The number of piperazine rings is 1. The molecule has 2 aromatic heterocycles. The number of hydrogen-bond donors (Lipinski definition) is 1. The fraction of sp³-hybridized carbons (Fsp3) is 0.364. The Balaban J connectivity index is 1.22. The standard InChI is InChI=1S/C22H26N4O2S/c1-17-4-6-18(7-5-17)23-21(27)13-22-24-19(16-29-22)14-25-8-10-26(11-9-25)15-20-3-2-12-28-20/h2-7,12,16H,8-11,13-15H2,1H3,(H,23,27). The number of nitrogens with zero attached hydrogens (tertiary/aromatic N) is 3. The molecule has 0 bridgehead atoms. The fourth-order valence-electron chi connectivity index (χ4n) is 3.44. The molecule has 0 unspecified atom stereocenters. The highest BCUT2D eigenvalue weighted by Gasteiger charge is 2.19. The molecule has 1 saturated heterocycles. The van der Waals surface area contributed by atoms with E-state index in [9.17, 15) is 4.79 Å². The lowest BCUT2D eigenvalue weighted by atomic mass is 10.2. The molecule has 152 valence electrons. The summed E-state index contributed by atoms with van der Waals surface area (Å²) in [7, 11) is 0. The van der Waals surface area contributed by atoms with Gasteiger partial charge in [0.1, 0.15) is 10.8 Å². The number of aromatic nitrogens is 1. The zero-order chi connectivity index (χ0) is 20.1. The molecule has 0 radical (unpaired) electrons. The van der Waals surface area contributed by atoms with Gasteiger partial charge in [0.05, 0.1) is 24.9 Å². The Labute approximate surface area is 175 Å². The summed E-state index contributed by atoms with van der Waals surface area (Å²) in [4.78, 5) is 21.8. The molecule has 0 saturated carbocycles. The first kappa shape index (κ1) is 19.8. The molecule has 0 atom stereocenters. The molecule has 1 aliphatic rings. The van der Waals surface area contributed by atoms with Crippen LogP contribution < -0.4 is 5.32 Å². The lowest BCUT2D eigenvalue weighted by Gasteiger charge is -2.33. The molecule has 4 rings (SSSR count). The maximum Gasteiger partial charge on any atom is 0.231 e. The van der Waals surface area contributed by atoms with E-state index < -0.39 is 0 Å². The largest absolute Gasteiger partial charge is 0.468 e. The molecule has 1 N–H and O–H groups in total. The number of thiazole rings is 1. The van der Waals surface area contributed by atoms with E-state index in [0.717, 1.165) is 61.4 Å². The van der Waals surface area contributed by atoms with Gasteiger partial charge < -0.3 is 9.73 Å². The number of nitrogens with one attached hydrogen (secondary N) is 1. The summed E-state index contributed by atoms with van der Waals surface area (Å²) in [6.45, 7) is 7.82. The normalized spacial score (nSPS) is 15.5. The van der Waals surface area contributed by atoms with Crippen LogP contribution in [0.5, 0.6) is 0 Å². The van der Waals surface area contributed by atoms with E-state index in [1.165, 1.54) is 5.56 Å². The van der Waals surface area contributed by atoms with E-state index >= 15 is 0 Å². The Morgan fingerprint density at radius 3 is 2.52 bits per heavy atom. The molecule has 0 aliphatic carbocycles.